The smallest absolute Gasteiger partial charge is 0.347 e. The molecular formula is C16H18O5. The summed E-state index contributed by atoms with van der Waals surface area (Å²) in [7, 11) is 0. The highest BCUT2D eigenvalue weighted by Gasteiger charge is 2.09. The quantitative estimate of drug-likeness (QED) is 0.736. The van der Waals surface area contributed by atoms with Gasteiger partial charge in [-0.25, -0.2) is 4.79 Å². The lowest BCUT2D eigenvalue weighted by Crippen LogP contribution is -2.00. The second kappa shape index (κ2) is 6.45. The van der Waals surface area contributed by atoms with E-state index in [1.807, 2.05) is 6.08 Å². The van der Waals surface area contributed by atoms with E-state index in [4.69, 9.17) is 9.52 Å². The molecule has 1 atom stereocenters. The first-order chi connectivity index (χ1) is 9.97. The van der Waals surface area contributed by atoms with Gasteiger partial charge in [0.1, 0.15) is 22.6 Å². The number of aliphatic hydroxyl groups excluding tert-OH is 1. The third-order valence-electron chi connectivity index (χ3n) is 3.12. The SMILES string of the molecule is CC(O)CCCC=Cc1cc2cc(O)cc(O)c2c(=O)o1. The first-order valence-corrected chi connectivity index (χ1v) is 6.82. The van der Waals surface area contributed by atoms with Gasteiger partial charge >= 0.3 is 5.63 Å². The summed E-state index contributed by atoms with van der Waals surface area (Å²) < 4.78 is 5.11. The van der Waals surface area contributed by atoms with Gasteiger partial charge in [-0.3, -0.25) is 0 Å². The lowest BCUT2D eigenvalue weighted by atomic mass is 10.1. The summed E-state index contributed by atoms with van der Waals surface area (Å²) in [5.74, 6) is -0.0572. The Morgan fingerprint density at radius 2 is 2.05 bits per heavy atom. The normalized spacial score (nSPS) is 13.0. The maximum Gasteiger partial charge on any atom is 0.347 e. The summed E-state index contributed by atoms with van der Waals surface area (Å²) >= 11 is 0. The molecule has 0 bridgehead atoms. The van der Waals surface area contributed by atoms with Crippen molar-refractivity contribution in [2.24, 2.45) is 0 Å². The van der Waals surface area contributed by atoms with Crippen LogP contribution in [-0.4, -0.2) is 21.4 Å². The molecule has 112 valence electrons. The zero-order valence-corrected chi connectivity index (χ0v) is 11.7. The van der Waals surface area contributed by atoms with Crippen molar-refractivity contribution in [1.82, 2.24) is 0 Å². The van der Waals surface area contributed by atoms with Crippen molar-refractivity contribution in [3.05, 3.63) is 40.5 Å². The minimum atomic E-state index is -0.645. The van der Waals surface area contributed by atoms with Crippen molar-refractivity contribution in [3.63, 3.8) is 0 Å². The Hall–Kier alpha value is -2.27. The fraction of sp³-hybridized carbons (Fsp3) is 0.312. The average molecular weight is 290 g/mol. The Bertz CT molecular complexity index is 712. The van der Waals surface area contributed by atoms with Crippen LogP contribution in [-0.2, 0) is 0 Å². The van der Waals surface area contributed by atoms with Gasteiger partial charge in [0.2, 0.25) is 0 Å². The van der Waals surface area contributed by atoms with Gasteiger partial charge in [0.05, 0.1) is 6.10 Å². The molecule has 1 aromatic heterocycles. The highest BCUT2D eigenvalue weighted by molar-refractivity contribution is 5.89. The molecule has 0 aliphatic carbocycles. The molecule has 1 heterocycles. The lowest BCUT2D eigenvalue weighted by molar-refractivity contribution is 0.182. The molecule has 0 fully saturated rings. The standard InChI is InChI=1S/C16H18O5/c1-10(17)5-3-2-4-6-13-8-11-7-12(18)9-14(19)15(11)16(20)21-13/h4,6-10,17-19H,2-3,5H2,1H3. The number of rotatable bonds is 5. The van der Waals surface area contributed by atoms with Gasteiger partial charge in [-0.05, 0) is 44.4 Å². The third kappa shape index (κ3) is 3.86. The van der Waals surface area contributed by atoms with Gasteiger partial charge in [0.15, 0.2) is 0 Å². The molecular weight excluding hydrogens is 272 g/mol. The van der Waals surface area contributed by atoms with Crippen LogP contribution in [0.1, 0.15) is 31.9 Å². The van der Waals surface area contributed by atoms with E-state index in [0.29, 0.717) is 17.6 Å². The van der Waals surface area contributed by atoms with Crippen LogP contribution < -0.4 is 5.63 Å². The zero-order valence-electron chi connectivity index (χ0n) is 11.7. The van der Waals surface area contributed by atoms with Crippen LogP contribution >= 0.6 is 0 Å². The highest BCUT2D eigenvalue weighted by atomic mass is 16.4. The molecule has 0 aliphatic rings. The Morgan fingerprint density at radius 3 is 2.76 bits per heavy atom. The summed E-state index contributed by atoms with van der Waals surface area (Å²) in [5.41, 5.74) is -0.645. The van der Waals surface area contributed by atoms with Gasteiger partial charge in [-0.15, -0.1) is 0 Å². The summed E-state index contributed by atoms with van der Waals surface area (Å²) in [4.78, 5) is 11.8. The van der Waals surface area contributed by atoms with Gasteiger partial charge in [-0.2, -0.15) is 0 Å². The number of hydrogen-bond donors (Lipinski definition) is 3. The third-order valence-corrected chi connectivity index (χ3v) is 3.12. The molecule has 0 aliphatic heterocycles. The molecule has 3 N–H and O–H groups in total. The largest absolute Gasteiger partial charge is 0.508 e. The molecule has 5 heteroatoms. The predicted octanol–water partition coefficient (Wildman–Crippen LogP) is 2.77. The fourth-order valence-corrected chi connectivity index (χ4v) is 2.12. The van der Waals surface area contributed by atoms with Crippen LogP contribution in [0, 0.1) is 0 Å². The second-order valence-corrected chi connectivity index (χ2v) is 5.05. The molecule has 0 amide bonds. The number of phenolic OH excluding ortho intramolecular Hbond substituents is 2. The molecule has 0 saturated heterocycles. The van der Waals surface area contributed by atoms with E-state index >= 15 is 0 Å². The number of phenols is 2. The zero-order chi connectivity index (χ0) is 15.4. The lowest BCUT2D eigenvalue weighted by Gasteiger charge is -2.02. The number of allylic oxidation sites excluding steroid dienone is 1. The van der Waals surface area contributed by atoms with Gasteiger partial charge in [0.25, 0.3) is 0 Å². The molecule has 1 aromatic carbocycles. The Labute approximate surface area is 121 Å². The summed E-state index contributed by atoms with van der Waals surface area (Å²) in [6.45, 7) is 1.74. The minimum absolute atomic E-state index is 0.0547. The number of fused-ring (bicyclic) bond motifs is 1. The number of aromatic hydroxyl groups is 2. The summed E-state index contributed by atoms with van der Waals surface area (Å²) in [6, 6.07) is 4.09. The van der Waals surface area contributed by atoms with Crippen molar-refractivity contribution in [2.45, 2.75) is 32.3 Å². The van der Waals surface area contributed by atoms with E-state index in [1.54, 1.807) is 19.1 Å². The van der Waals surface area contributed by atoms with Crippen molar-refractivity contribution in [2.75, 3.05) is 0 Å². The second-order valence-electron chi connectivity index (χ2n) is 5.05. The molecule has 1 unspecified atom stereocenters. The van der Waals surface area contributed by atoms with E-state index in [1.165, 1.54) is 6.07 Å². The molecule has 0 spiro atoms. The van der Waals surface area contributed by atoms with E-state index in [0.717, 1.165) is 18.9 Å². The Morgan fingerprint density at radius 1 is 1.29 bits per heavy atom. The molecule has 2 rings (SSSR count). The molecule has 0 saturated carbocycles. The number of hydrogen-bond acceptors (Lipinski definition) is 5. The molecule has 5 nitrogen and oxygen atoms in total. The molecule has 2 aromatic rings. The van der Waals surface area contributed by atoms with Gasteiger partial charge in [-0.1, -0.05) is 6.08 Å². The predicted molar refractivity (Wildman–Crippen MR) is 80.4 cm³/mol. The van der Waals surface area contributed by atoms with Crippen LogP contribution in [0.4, 0.5) is 0 Å². The number of aliphatic hydroxyl groups is 1. The van der Waals surface area contributed by atoms with Crippen molar-refractivity contribution in [3.8, 4) is 11.5 Å². The van der Waals surface area contributed by atoms with E-state index in [-0.39, 0.29) is 23.0 Å². The number of benzene rings is 1. The van der Waals surface area contributed by atoms with Gasteiger partial charge < -0.3 is 19.7 Å². The van der Waals surface area contributed by atoms with E-state index in [2.05, 4.69) is 0 Å². The monoisotopic (exact) mass is 290 g/mol. The first kappa shape index (κ1) is 15.1. The van der Waals surface area contributed by atoms with Crippen molar-refractivity contribution >= 4 is 16.8 Å². The van der Waals surface area contributed by atoms with Crippen LogP contribution in [0.3, 0.4) is 0 Å². The average Bonchev–Trinajstić information content (AvgIpc) is 2.36. The maximum absolute atomic E-state index is 11.8. The first-order valence-electron chi connectivity index (χ1n) is 6.82. The summed E-state index contributed by atoms with van der Waals surface area (Å²) in [6.07, 6.45) is 5.53. The minimum Gasteiger partial charge on any atom is -0.508 e. The summed E-state index contributed by atoms with van der Waals surface area (Å²) in [5, 5.41) is 28.7. The highest BCUT2D eigenvalue weighted by Crippen LogP contribution is 2.27. The Kier molecular flexibility index (Phi) is 4.65. The topological polar surface area (TPSA) is 90.9 Å². The van der Waals surface area contributed by atoms with Crippen molar-refractivity contribution < 1.29 is 19.7 Å². The van der Waals surface area contributed by atoms with Crippen molar-refractivity contribution in [1.29, 1.82) is 0 Å². The van der Waals surface area contributed by atoms with Crippen LogP contribution in [0.5, 0.6) is 11.5 Å². The number of unbranched alkanes of at least 4 members (excludes halogenated alkanes) is 1. The molecule has 21 heavy (non-hydrogen) atoms. The van der Waals surface area contributed by atoms with Crippen LogP contribution in [0.25, 0.3) is 16.8 Å². The van der Waals surface area contributed by atoms with Crippen LogP contribution in [0.15, 0.2) is 33.5 Å². The fourth-order valence-electron chi connectivity index (χ4n) is 2.12. The van der Waals surface area contributed by atoms with Crippen LogP contribution in [0.2, 0.25) is 0 Å². The maximum atomic E-state index is 11.8. The van der Waals surface area contributed by atoms with E-state index < -0.39 is 5.63 Å². The molecule has 0 radical (unpaired) electrons. The Balaban J connectivity index is 2.22. The van der Waals surface area contributed by atoms with Gasteiger partial charge in [0, 0.05) is 11.5 Å². The van der Waals surface area contributed by atoms with E-state index in [9.17, 15) is 15.0 Å².